The number of hydrogen-bond acceptors (Lipinski definition) is 6. The Morgan fingerprint density at radius 3 is 2.48 bits per heavy atom. The van der Waals surface area contributed by atoms with Gasteiger partial charge in [0.15, 0.2) is 5.16 Å². The summed E-state index contributed by atoms with van der Waals surface area (Å²) < 4.78 is 12.8. The van der Waals surface area contributed by atoms with Crippen molar-refractivity contribution in [3.05, 3.63) is 36.4 Å². The van der Waals surface area contributed by atoms with Crippen LogP contribution in [0.3, 0.4) is 0 Å². The van der Waals surface area contributed by atoms with Crippen LogP contribution in [0.25, 0.3) is 0 Å². The zero-order valence-electron chi connectivity index (χ0n) is 11.4. The van der Waals surface area contributed by atoms with Crippen LogP contribution < -0.4 is 5.32 Å². The summed E-state index contributed by atoms with van der Waals surface area (Å²) in [6.45, 7) is 0. The number of amides is 1. The average molecular weight is 342 g/mol. The first-order valence-electron chi connectivity index (χ1n) is 5.88. The number of carbonyl (C=O) groups excluding carboxylic acids is 1. The van der Waals surface area contributed by atoms with Crippen molar-refractivity contribution in [3.63, 3.8) is 0 Å². The molecule has 0 atom stereocenters. The van der Waals surface area contributed by atoms with Crippen LogP contribution in [0.5, 0.6) is 0 Å². The van der Waals surface area contributed by atoms with Crippen molar-refractivity contribution in [1.82, 2.24) is 15.2 Å². The van der Waals surface area contributed by atoms with Crippen molar-refractivity contribution in [3.8, 4) is 0 Å². The van der Waals surface area contributed by atoms with E-state index in [0.717, 1.165) is 0 Å². The Labute approximate surface area is 132 Å². The minimum absolute atomic E-state index is 0.186. The maximum atomic E-state index is 12.8. The summed E-state index contributed by atoms with van der Waals surface area (Å²) in [4.78, 5) is 33.6. The van der Waals surface area contributed by atoms with E-state index in [2.05, 4.69) is 20.5 Å². The second-order valence-corrected chi connectivity index (χ2v) is 4.71. The molecule has 23 heavy (non-hydrogen) atoms. The quantitative estimate of drug-likeness (QED) is 0.472. The van der Waals surface area contributed by atoms with Crippen LogP contribution in [0, 0.1) is 5.82 Å². The van der Waals surface area contributed by atoms with Crippen LogP contribution in [-0.2, 0) is 14.4 Å². The van der Waals surface area contributed by atoms with E-state index in [-0.39, 0.29) is 17.5 Å². The first-order valence-corrected chi connectivity index (χ1v) is 6.87. The minimum atomic E-state index is -1.82. The maximum Gasteiger partial charge on any atom is 0.414 e. The lowest BCUT2D eigenvalue weighted by Gasteiger charge is -2.03. The molecule has 2 aromatic rings. The number of carboxylic acid groups (broad SMARTS) is 2. The number of aromatic nitrogens is 3. The fourth-order valence-electron chi connectivity index (χ4n) is 1.16. The van der Waals surface area contributed by atoms with Crippen LogP contribution in [0.2, 0.25) is 0 Å². The Morgan fingerprint density at radius 2 is 1.96 bits per heavy atom. The molecular formula is C12H11FN4O5S. The molecule has 0 aliphatic heterocycles. The van der Waals surface area contributed by atoms with Gasteiger partial charge in [-0.1, -0.05) is 17.8 Å². The highest BCUT2D eigenvalue weighted by Gasteiger charge is 2.05. The zero-order valence-corrected chi connectivity index (χ0v) is 12.2. The van der Waals surface area contributed by atoms with Gasteiger partial charge in [-0.2, -0.15) is 5.10 Å². The molecule has 1 aromatic heterocycles. The van der Waals surface area contributed by atoms with Crippen LogP contribution in [0.1, 0.15) is 0 Å². The number of halogens is 1. The van der Waals surface area contributed by atoms with Gasteiger partial charge < -0.3 is 15.5 Å². The number of rotatable bonds is 4. The summed E-state index contributed by atoms with van der Waals surface area (Å²) in [5.74, 6) is -4.07. The number of thioether (sulfide) groups is 1. The topological polar surface area (TPSA) is 145 Å². The number of carbonyl (C=O) groups is 3. The SMILES string of the molecule is O=C(CSc1ncn[nH]1)Nc1cccc(F)c1.O=C(O)C(=O)O. The van der Waals surface area contributed by atoms with E-state index < -0.39 is 11.9 Å². The lowest BCUT2D eigenvalue weighted by atomic mass is 10.3. The van der Waals surface area contributed by atoms with Crippen molar-refractivity contribution in [2.24, 2.45) is 0 Å². The Bertz CT molecular complexity index is 668. The van der Waals surface area contributed by atoms with Gasteiger partial charge in [-0.25, -0.2) is 19.0 Å². The van der Waals surface area contributed by atoms with Crippen molar-refractivity contribution in [2.45, 2.75) is 5.16 Å². The van der Waals surface area contributed by atoms with Gasteiger partial charge in [0.1, 0.15) is 12.1 Å². The summed E-state index contributed by atoms with van der Waals surface area (Å²) in [5, 5.41) is 24.2. The molecule has 1 heterocycles. The summed E-state index contributed by atoms with van der Waals surface area (Å²) in [6.07, 6.45) is 1.37. The van der Waals surface area contributed by atoms with Crippen molar-refractivity contribution < 1.29 is 29.0 Å². The molecule has 0 aliphatic carbocycles. The van der Waals surface area contributed by atoms with Crippen molar-refractivity contribution in [2.75, 3.05) is 11.1 Å². The second kappa shape index (κ2) is 9.15. The summed E-state index contributed by atoms with van der Waals surface area (Å²) in [7, 11) is 0. The van der Waals surface area contributed by atoms with Crippen molar-refractivity contribution in [1.29, 1.82) is 0 Å². The van der Waals surface area contributed by atoms with Crippen LogP contribution >= 0.6 is 11.8 Å². The highest BCUT2D eigenvalue weighted by molar-refractivity contribution is 7.99. The Hall–Kier alpha value is -2.95. The molecule has 11 heteroatoms. The molecule has 0 aliphatic rings. The number of aliphatic carboxylic acids is 2. The molecule has 0 bridgehead atoms. The third-order valence-corrected chi connectivity index (χ3v) is 2.90. The lowest BCUT2D eigenvalue weighted by Crippen LogP contribution is -2.14. The molecule has 0 saturated carbocycles. The highest BCUT2D eigenvalue weighted by Crippen LogP contribution is 2.13. The van der Waals surface area contributed by atoms with Crippen LogP contribution in [0.4, 0.5) is 10.1 Å². The first kappa shape index (κ1) is 18.1. The number of nitrogens with zero attached hydrogens (tertiary/aromatic N) is 2. The fraction of sp³-hybridized carbons (Fsp3) is 0.0833. The molecule has 1 amide bonds. The summed E-state index contributed by atoms with van der Waals surface area (Å²) in [6, 6.07) is 5.74. The molecule has 4 N–H and O–H groups in total. The standard InChI is InChI=1S/C10H9FN4OS.C2H2O4/c11-7-2-1-3-8(4-7)14-9(16)5-17-10-12-6-13-15-10;3-1(4)2(5)6/h1-4,6H,5H2,(H,14,16)(H,12,13,15);(H,3,4)(H,5,6). The van der Waals surface area contributed by atoms with E-state index in [1.165, 1.54) is 36.3 Å². The number of H-pyrrole nitrogens is 1. The van der Waals surface area contributed by atoms with Gasteiger partial charge in [0.25, 0.3) is 0 Å². The molecule has 9 nitrogen and oxygen atoms in total. The number of hydrogen-bond donors (Lipinski definition) is 4. The predicted octanol–water partition coefficient (Wildman–Crippen LogP) is 0.830. The number of carboxylic acids is 2. The van der Waals surface area contributed by atoms with Crippen molar-refractivity contribution >= 4 is 35.3 Å². The molecule has 0 radical (unpaired) electrons. The lowest BCUT2D eigenvalue weighted by molar-refractivity contribution is -0.159. The number of anilines is 1. The number of nitrogens with one attached hydrogen (secondary N) is 2. The van der Waals surface area contributed by atoms with Gasteiger partial charge >= 0.3 is 11.9 Å². The molecule has 122 valence electrons. The number of benzene rings is 1. The molecular weight excluding hydrogens is 331 g/mol. The van der Waals surface area contributed by atoms with E-state index in [0.29, 0.717) is 10.8 Å². The molecule has 2 rings (SSSR count). The largest absolute Gasteiger partial charge is 0.473 e. The van der Waals surface area contributed by atoms with Gasteiger partial charge in [0.2, 0.25) is 5.91 Å². The molecule has 0 spiro atoms. The molecule has 0 fully saturated rings. The molecule has 0 saturated heterocycles. The normalized spacial score (nSPS) is 9.43. The maximum absolute atomic E-state index is 12.8. The monoisotopic (exact) mass is 342 g/mol. The van der Waals surface area contributed by atoms with Crippen LogP contribution in [-0.4, -0.2) is 49.0 Å². The van der Waals surface area contributed by atoms with Crippen LogP contribution in [0.15, 0.2) is 35.7 Å². The van der Waals surface area contributed by atoms with E-state index in [9.17, 15) is 9.18 Å². The molecule has 0 unspecified atom stereocenters. The Morgan fingerprint density at radius 1 is 1.26 bits per heavy atom. The summed E-state index contributed by atoms with van der Waals surface area (Å²) in [5.41, 5.74) is 0.438. The smallest absolute Gasteiger partial charge is 0.414 e. The molecule has 1 aromatic carbocycles. The predicted molar refractivity (Wildman–Crippen MR) is 77.4 cm³/mol. The average Bonchev–Trinajstić information content (AvgIpc) is 2.99. The van der Waals surface area contributed by atoms with Gasteiger partial charge in [0.05, 0.1) is 5.75 Å². The van der Waals surface area contributed by atoms with Gasteiger partial charge in [-0.15, -0.1) is 0 Å². The van der Waals surface area contributed by atoms with E-state index in [1.807, 2.05) is 0 Å². The van der Waals surface area contributed by atoms with E-state index in [4.69, 9.17) is 19.8 Å². The fourth-order valence-corrected chi connectivity index (χ4v) is 1.74. The third kappa shape index (κ3) is 7.57. The second-order valence-electron chi connectivity index (χ2n) is 3.75. The van der Waals surface area contributed by atoms with E-state index in [1.54, 1.807) is 6.07 Å². The first-order chi connectivity index (χ1) is 10.9. The van der Waals surface area contributed by atoms with E-state index >= 15 is 0 Å². The Balaban J connectivity index is 0.000000379. The summed E-state index contributed by atoms with van der Waals surface area (Å²) >= 11 is 1.22. The van der Waals surface area contributed by atoms with Gasteiger partial charge in [-0.3, -0.25) is 9.89 Å². The van der Waals surface area contributed by atoms with Gasteiger partial charge in [0, 0.05) is 5.69 Å². The Kier molecular flexibility index (Phi) is 7.20. The third-order valence-electron chi connectivity index (χ3n) is 2.02. The minimum Gasteiger partial charge on any atom is -0.473 e. The highest BCUT2D eigenvalue weighted by atomic mass is 32.2. The van der Waals surface area contributed by atoms with Gasteiger partial charge in [-0.05, 0) is 18.2 Å². The zero-order chi connectivity index (χ0) is 17.2. The number of aromatic amines is 1.